The summed E-state index contributed by atoms with van der Waals surface area (Å²) in [6.45, 7) is 0. The first-order valence-corrected chi connectivity index (χ1v) is 8.79. The van der Waals surface area contributed by atoms with Crippen molar-refractivity contribution in [3.63, 3.8) is 0 Å². The van der Waals surface area contributed by atoms with E-state index in [2.05, 4.69) is 97.1 Å². The van der Waals surface area contributed by atoms with Gasteiger partial charge in [-0.3, -0.25) is 0 Å². The molecule has 3 aromatic carbocycles. The summed E-state index contributed by atoms with van der Waals surface area (Å²) in [5, 5.41) is 2.70. The van der Waals surface area contributed by atoms with Crippen LogP contribution < -0.4 is 10.4 Å². The van der Waals surface area contributed by atoms with Crippen LogP contribution >= 0.6 is 0 Å². The lowest BCUT2D eigenvalue weighted by Gasteiger charge is -2.11. The van der Waals surface area contributed by atoms with E-state index in [1.807, 2.05) is 0 Å². The van der Waals surface area contributed by atoms with Gasteiger partial charge in [0.1, 0.15) is 0 Å². The molecule has 0 nitrogen and oxygen atoms in total. The highest BCUT2D eigenvalue weighted by Crippen LogP contribution is 2.31. The molecule has 0 saturated heterocycles. The van der Waals surface area contributed by atoms with E-state index in [9.17, 15) is 0 Å². The van der Waals surface area contributed by atoms with Crippen LogP contribution in [0.2, 0.25) is 0 Å². The van der Waals surface area contributed by atoms with Crippen molar-refractivity contribution in [2.24, 2.45) is 0 Å². The van der Waals surface area contributed by atoms with Gasteiger partial charge in [0.15, 0.2) is 0 Å². The highest BCUT2D eigenvalue weighted by molar-refractivity contribution is 5.93. The molecule has 25 heavy (non-hydrogen) atoms. The van der Waals surface area contributed by atoms with Gasteiger partial charge in [-0.2, -0.15) is 0 Å². The molecular formula is C25H18. The van der Waals surface area contributed by atoms with Crippen molar-refractivity contribution < 1.29 is 0 Å². The van der Waals surface area contributed by atoms with Crippen molar-refractivity contribution in [2.75, 3.05) is 0 Å². The number of hydrogen-bond acceptors (Lipinski definition) is 0. The van der Waals surface area contributed by atoms with Crippen LogP contribution in [-0.2, 0) is 0 Å². The van der Waals surface area contributed by atoms with Gasteiger partial charge in [-0.05, 0) is 56.3 Å². The second-order valence-corrected chi connectivity index (χ2v) is 6.54. The Morgan fingerprint density at radius 2 is 1.40 bits per heavy atom. The molecule has 0 saturated carbocycles. The first-order chi connectivity index (χ1) is 12.4. The molecule has 0 heterocycles. The molecule has 0 radical (unpaired) electrons. The second-order valence-electron chi connectivity index (χ2n) is 6.54. The molecule has 0 atom stereocenters. The fourth-order valence-electron chi connectivity index (χ4n) is 3.90. The van der Waals surface area contributed by atoms with Gasteiger partial charge in [-0.15, -0.1) is 0 Å². The molecule has 2 aliphatic carbocycles. The molecule has 2 aliphatic rings. The Kier molecular flexibility index (Phi) is 3.28. The molecule has 118 valence electrons. The Morgan fingerprint density at radius 3 is 2.16 bits per heavy atom. The van der Waals surface area contributed by atoms with Gasteiger partial charge in [-0.1, -0.05) is 91.0 Å². The van der Waals surface area contributed by atoms with E-state index in [1.165, 1.54) is 43.8 Å². The fraction of sp³-hybridized carbons (Fsp3) is 0.0400. The number of rotatable bonds is 2. The van der Waals surface area contributed by atoms with Crippen molar-refractivity contribution in [1.82, 2.24) is 0 Å². The number of hydrogen-bond donors (Lipinski definition) is 0. The molecule has 0 bridgehead atoms. The Balaban J connectivity index is 1.91. The molecular weight excluding hydrogens is 300 g/mol. The van der Waals surface area contributed by atoms with E-state index in [0.717, 1.165) is 6.42 Å². The van der Waals surface area contributed by atoms with Gasteiger partial charge in [0.2, 0.25) is 0 Å². The van der Waals surface area contributed by atoms with Crippen LogP contribution in [-0.4, -0.2) is 0 Å². The molecule has 0 heteroatoms. The summed E-state index contributed by atoms with van der Waals surface area (Å²) in [5.41, 5.74) is 7.89. The minimum Gasteiger partial charge on any atom is -0.0801 e. The highest BCUT2D eigenvalue weighted by Gasteiger charge is 2.17. The van der Waals surface area contributed by atoms with Crippen molar-refractivity contribution in [3.8, 4) is 22.3 Å². The van der Waals surface area contributed by atoms with Crippen LogP contribution in [0.25, 0.3) is 33.9 Å². The third kappa shape index (κ3) is 2.30. The summed E-state index contributed by atoms with van der Waals surface area (Å²) in [4.78, 5) is 0. The monoisotopic (exact) mass is 318 g/mol. The fourth-order valence-corrected chi connectivity index (χ4v) is 3.90. The largest absolute Gasteiger partial charge is 0.0801 e. The lowest BCUT2D eigenvalue weighted by Crippen LogP contribution is -2.25. The van der Waals surface area contributed by atoms with Crippen LogP contribution in [0.4, 0.5) is 0 Å². The topological polar surface area (TPSA) is 0 Å². The SMILES string of the molecule is C1=CC2=c3ccc(-c4ccccc4)c(-c4ccccc4)c3=CC2=CC1. The summed E-state index contributed by atoms with van der Waals surface area (Å²) in [6, 6.07) is 26.0. The maximum Gasteiger partial charge on any atom is -0.00264 e. The van der Waals surface area contributed by atoms with Gasteiger partial charge >= 0.3 is 0 Å². The molecule has 0 spiro atoms. The maximum atomic E-state index is 2.36. The lowest BCUT2D eigenvalue weighted by molar-refractivity contribution is 1.35. The normalized spacial score (nSPS) is 14.6. The second kappa shape index (κ2) is 5.75. The van der Waals surface area contributed by atoms with Gasteiger partial charge in [-0.25, -0.2) is 0 Å². The number of fused-ring (bicyclic) bond motifs is 2. The van der Waals surface area contributed by atoms with Gasteiger partial charge in [0.25, 0.3) is 0 Å². The van der Waals surface area contributed by atoms with Crippen molar-refractivity contribution in [3.05, 3.63) is 107 Å². The third-order valence-electron chi connectivity index (χ3n) is 5.05. The number of benzene rings is 3. The zero-order valence-corrected chi connectivity index (χ0v) is 13.9. The molecule has 0 aromatic heterocycles. The quantitative estimate of drug-likeness (QED) is 0.633. The van der Waals surface area contributed by atoms with Crippen LogP contribution in [0.1, 0.15) is 6.42 Å². The van der Waals surface area contributed by atoms with Crippen molar-refractivity contribution in [1.29, 1.82) is 0 Å². The lowest BCUT2D eigenvalue weighted by atomic mass is 9.92. The van der Waals surface area contributed by atoms with Gasteiger partial charge < -0.3 is 0 Å². The number of allylic oxidation sites excluding steroid dienone is 4. The van der Waals surface area contributed by atoms with Crippen LogP contribution in [0.15, 0.2) is 96.6 Å². The van der Waals surface area contributed by atoms with E-state index in [4.69, 9.17) is 0 Å². The zero-order chi connectivity index (χ0) is 16.6. The molecule has 0 N–H and O–H groups in total. The summed E-state index contributed by atoms with van der Waals surface area (Å²) in [5.74, 6) is 0. The Hall–Kier alpha value is -3.12. The van der Waals surface area contributed by atoms with Gasteiger partial charge in [0, 0.05) is 0 Å². The third-order valence-corrected chi connectivity index (χ3v) is 5.05. The Morgan fingerprint density at radius 1 is 0.680 bits per heavy atom. The molecule has 0 fully saturated rings. The summed E-state index contributed by atoms with van der Waals surface area (Å²) < 4.78 is 0. The van der Waals surface area contributed by atoms with E-state index in [0.29, 0.717) is 0 Å². The van der Waals surface area contributed by atoms with Crippen LogP contribution in [0, 0.1) is 0 Å². The Labute approximate surface area is 147 Å². The maximum absolute atomic E-state index is 2.36. The average molecular weight is 318 g/mol. The minimum atomic E-state index is 1.02. The smallest absolute Gasteiger partial charge is 0.00264 e. The van der Waals surface area contributed by atoms with Crippen LogP contribution in [0.5, 0.6) is 0 Å². The predicted molar refractivity (Wildman–Crippen MR) is 106 cm³/mol. The minimum absolute atomic E-state index is 1.02. The first kappa shape index (κ1) is 14.2. The van der Waals surface area contributed by atoms with Crippen LogP contribution in [0.3, 0.4) is 0 Å². The van der Waals surface area contributed by atoms with E-state index in [1.54, 1.807) is 0 Å². The summed E-state index contributed by atoms with van der Waals surface area (Å²) >= 11 is 0. The predicted octanol–water partition coefficient (Wildman–Crippen LogP) is 4.85. The molecule has 0 amide bonds. The first-order valence-electron chi connectivity index (χ1n) is 8.79. The molecule has 3 aromatic rings. The molecule has 0 unspecified atom stereocenters. The Bertz CT molecular complexity index is 1130. The standard InChI is InChI=1S/C25H18/c1-3-9-18(10-4-1)22-15-16-23-21-14-8-7-13-20(21)17-24(23)25(22)19-11-5-2-6-12-19/h1-6,8-17H,7H2. The summed E-state index contributed by atoms with van der Waals surface area (Å²) in [6.07, 6.45) is 10.2. The average Bonchev–Trinajstić information content (AvgIpc) is 3.07. The zero-order valence-electron chi connectivity index (χ0n) is 13.9. The molecule has 0 aliphatic heterocycles. The van der Waals surface area contributed by atoms with E-state index < -0.39 is 0 Å². The van der Waals surface area contributed by atoms with Crippen molar-refractivity contribution in [2.45, 2.75) is 6.42 Å². The highest BCUT2D eigenvalue weighted by atomic mass is 14.2. The molecule has 5 rings (SSSR count). The summed E-state index contributed by atoms with van der Waals surface area (Å²) in [7, 11) is 0. The van der Waals surface area contributed by atoms with E-state index in [-0.39, 0.29) is 0 Å². The van der Waals surface area contributed by atoms with Crippen molar-refractivity contribution >= 4 is 11.6 Å². The van der Waals surface area contributed by atoms with E-state index >= 15 is 0 Å². The van der Waals surface area contributed by atoms with Gasteiger partial charge in [0.05, 0.1) is 0 Å².